The maximum atomic E-state index is 4.98. The van der Waals surface area contributed by atoms with Gasteiger partial charge in [-0.1, -0.05) is 58.0 Å². The average molecular weight is 704 g/mol. The molecule has 3 nitrogen and oxygen atoms in total. The molecule has 3 heterocycles. The second-order valence-corrected chi connectivity index (χ2v) is 12.2. The number of nitrogens with zero attached hydrogens (tertiary/aromatic N) is 3. The van der Waals surface area contributed by atoms with Gasteiger partial charge in [-0.15, -0.1) is 71.3 Å². The fraction of sp³-hybridized carbons (Fsp3) is 0.278. The molecule has 5 aromatic rings. The number of rotatable bonds is 3. The number of aryl methyl sites for hydroxylation is 2. The summed E-state index contributed by atoms with van der Waals surface area (Å²) in [5, 5.41) is 0. The molecular weight excluding hydrogens is 667 g/mol. The molecule has 0 spiro atoms. The molecule has 4 heteroatoms. The molecule has 40 heavy (non-hydrogen) atoms. The summed E-state index contributed by atoms with van der Waals surface area (Å²) in [6, 6.07) is 31.3. The summed E-state index contributed by atoms with van der Waals surface area (Å²) in [5.74, 6) is 1.01. The van der Waals surface area contributed by atoms with Crippen LogP contribution in [0.3, 0.4) is 0 Å². The zero-order valence-electron chi connectivity index (χ0n) is 24.5. The molecule has 6 rings (SSSR count). The quantitative estimate of drug-likeness (QED) is 0.176. The van der Waals surface area contributed by atoms with E-state index >= 15 is 0 Å². The summed E-state index contributed by atoms with van der Waals surface area (Å²) in [7, 11) is 0. The largest absolute Gasteiger partial charge is 0.355 e. The van der Waals surface area contributed by atoms with E-state index < -0.39 is 0 Å². The molecule has 0 bridgehead atoms. The number of imidazole rings is 1. The first-order valence-corrected chi connectivity index (χ1v) is 13.6. The van der Waals surface area contributed by atoms with Crippen LogP contribution in [0.25, 0.3) is 39.8 Å². The number of benzene rings is 3. The van der Waals surface area contributed by atoms with E-state index in [1.54, 1.807) is 0 Å². The Morgan fingerprint density at radius 1 is 0.850 bits per heavy atom. The number of hydrogen-bond acceptors (Lipinski definition) is 2. The van der Waals surface area contributed by atoms with E-state index in [0.717, 1.165) is 34.6 Å². The third-order valence-electron chi connectivity index (χ3n) is 7.21. The molecule has 0 fully saturated rings. The number of allylic oxidation sites excluding steroid dienone is 1. The van der Waals surface area contributed by atoms with Gasteiger partial charge in [-0.25, -0.2) is 0 Å². The van der Waals surface area contributed by atoms with E-state index in [4.69, 9.17) is 4.98 Å². The van der Waals surface area contributed by atoms with Crippen molar-refractivity contribution in [3.05, 3.63) is 113 Å². The van der Waals surface area contributed by atoms with E-state index in [0.29, 0.717) is 0 Å². The van der Waals surface area contributed by atoms with Crippen LogP contribution >= 0.6 is 0 Å². The molecule has 1 aliphatic heterocycles. The van der Waals surface area contributed by atoms with Crippen LogP contribution in [-0.4, -0.2) is 14.5 Å². The van der Waals surface area contributed by atoms with Crippen molar-refractivity contribution in [1.29, 1.82) is 0 Å². The standard InChI is InChI=1S/C23H25N2.C13H12N.Ir/c1-22(2,3)15-18-14-17-12-9-13-19-20(17)25(23(18,4)5)21(24-19)16-10-7-6-8-11-16;1-10-3-6-12(7-4-10)13-8-5-11(2)9-14-13;/h6-10,12-14H,15H2,1-5H3;3-6,8-9H,1-2H3;/q2*-1;. The maximum absolute atomic E-state index is 4.98. The Balaban J connectivity index is 0.000000210. The summed E-state index contributed by atoms with van der Waals surface area (Å²) in [4.78, 5) is 9.33. The van der Waals surface area contributed by atoms with Crippen molar-refractivity contribution >= 4 is 17.1 Å². The summed E-state index contributed by atoms with van der Waals surface area (Å²) in [6.07, 6.45) is 5.32. The van der Waals surface area contributed by atoms with Crippen LogP contribution < -0.4 is 0 Å². The molecule has 0 aliphatic carbocycles. The third-order valence-corrected chi connectivity index (χ3v) is 7.21. The minimum atomic E-state index is -0.116. The Morgan fingerprint density at radius 2 is 1.62 bits per heavy atom. The van der Waals surface area contributed by atoms with Gasteiger partial charge in [0.2, 0.25) is 0 Å². The van der Waals surface area contributed by atoms with Gasteiger partial charge in [-0.05, 0) is 61.1 Å². The molecule has 0 saturated heterocycles. The molecular formula is C36H37IrN3-2. The first-order chi connectivity index (χ1) is 18.5. The minimum Gasteiger partial charge on any atom is -0.355 e. The molecule has 207 valence electrons. The molecule has 0 unspecified atom stereocenters. The summed E-state index contributed by atoms with van der Waals surface area (Å²) < 4.78 is 2.42. The normalized spacial score (nSPS) is 13.6. The summed E-state index contributed by atoms with van der Waals surface area (Å²) >= 11 is 0. The second kappa shape index (κ2) is 11.6. The molecule has 1 aliphatic rings. The second-order valence-electron chi connectivity index (χ2n) is 12.2. The Morgan fingerprint density at radius 3 is 2.25 bits per heavy atom. The van der Waals surface area contributed by atoms with Gasteiger partial charge < -0.3 is 9.55 Å². The molecule has 0 atom stereocenters. The van der Waals surface area contributed by atoms with E-state index in [2.05, 4.69) is 112 Å². The van der Waals surface area contributed by atoms with Crippen LogP contribution in [0.2, 0.25) is 0 Å². The molecule has 0 saturated carbocycles. The molecule has 0 amide bonds. The fourth-order valence-corrected chi connectivity index (χ4v) is 5.16. The van der Waals surface area contributed by atoms with Crippen LogP contribution in [0.5, 0.6) is 0 Å². The molecule has 2 aromatic heterocycles. The SMILES string of the molecule is CC(C)(C)CC1=Cc2cccc3nc(-c4[c-]cccc4)n(c23)C1(C)C.Cc1c[c-]c(-c2ccc(C)cn2)cc1.[Ir]. The monoisotopic (exact) mass is 704 g/mol. The van der Waals surface area contributed by atoms with E-state index in [1.807, 2.05) is 43.5 Å². The van der Waals surface area contributed by atoms with Crippen LogP contribution in [0, 0.1) is 31.4 Å². The van der Waals surface area contributed by atoms with E-state index in [-0.39, 0.29) is 31.1 Å². The Bertz CT molecular complexity index is 1580. The number of pyridine rings is 1. The smallest absolute Gasteiger partial charge is 0.0777 e. The van der Waals surface area contributed by atoms with Crippen molar-refractivity contribution < 1.29 is 20.1 Å². The van der Waals surface area contributed by atoms with E-state index in [9.17, 15) is 0 Å². The predicted octanol–water partition coefficient (Wildman–Crippen LogP) is 9.23. The van der Waals surface area contributed by atoms with Crippen LogP contribution in [0.1, 0.15) is 57.7 Å². The minimum absolute atomic E-state index is 0. The fourth-order valence-electron chi connectivity index (χ4n) is 5.16. The zero-order valence-corrected chi connectivity index (χ0v) is 26.9. The van der Waals surface area contributed by atoms with Crippen LogP contribution in [-0.2, 0) is 25.6 Å². The molecule has 0 N–H and O–H groups in total. The topological polar surface area (TPSA) is 30.7 Å². The predicted molar refractivity (Wildman–Crippen MR) is 163 cm³/mol. The number of para-hydroxylation sites is 1. The Hall–Kier alpha value is -3.33. The van der Waals surface area contributed by atoms with Gasteiger partial charge in [0.15, 0.2) is 0 Å². The van der Waals surface area contributed by atoms with Gasteiger partial charge in [0, 0.05) is 26.3 Å². The van der Waals surface area contributed by atoms with E-state index in [1.165, 1.54) is 27.8 Å². The number of hydrogen-bond donors (Lipinski definition) is 0. The van der Waals surface area contributed by atoms with Crippen molar-refractivity contribution in [2.75, 3.05) is 0 Å². The average Bonchev–Trinajstić information content (AvgIpc) is 3.31. The van der Waals surface area contributed by atoms with Gasteiger partial charge >= 0.3 is 0 Å². The first kappa shape index (κ1) is 29.6. The summed E-state index contributed by atoms with van der Waals surface area (Å²) in [6.45, 7) is 15.6. The van der Waals surface area contributed by atoms with Crippen LogP contribution in [0.4, 0.5) is 0 Å². The van der Waals surface area contributed by atoms with Gasteiger partial charge in [-0.3, -0.25) is 4.98 Å². The van der Waals surface area contributed by atoms with Crippen molar-refractivity contribution in [3.8, 4) is 22.6 Å². The van der Waals surface area contributed by atoms with Crippen molar-refractivity contribution in [1.82, 2.24) is 14.5 Å². The van der Waals surface area contributed by atoms with Crippen LogP contribution in [0.15, 0.2) is 84.6 Å². The van der Waals surface area contributed by atoms with Gasteiger partial charge in [-0.2, -0.15) is 0 Å². The van der Waals surface area contributed by atoms with Gasteiger partial charge in [0.1, 0.15) is 0 Å². The van der Waals surface area contributed by atoms with Crippen molar-refractivity contribution in [2.24, 2.45) is 5.41 Å². The van der Waals surface area contributed by atoms with Gasteiger partial charge in [0.05, 0.1) is 22.4 Å². The van der Waals surface area contributed by atoms with Crippen molar-refractivity contribution in [3.63, 3.8) is 0 Å². The molecule has 3 aromatic carbocycles. The van der Waals surface area contributed by atoms with Gasteiger partial charge in [0.25, 0.3) is 0 Å². The summed E-state index contributed by atoms with van der Waals surface area (Å²) in [5.41, 5.74) is 10.6. The third kappa shape index (κ3) is 6.19. The van der Waals surface area contributed by atoms with Crippen molar-refractivity contribution in [2.45, 2.75) is 60.4 Å². The molecule has 1 radical (unpaired) electrons. The Kier molecular flexibility index (Phi) is 8.63. The first-order valence-electron chi connectivity index (χ1n) is 13.6. The Labute approximate surface area is 252 Å². The number of aromatic nitrogens is 3. The maximum Gasteiger partial charge on any atom is 0.0777 e. The zero-order chi connectivity index (χ0) is 27.8.